The molecule has 478 valence electrons. The van der Waals surface area contributed by atoms with Gasteiger partial charge in [-0.15, -0.1) is 0 Å². The first-order valence-electron chi connectivity index (χ1n) is 34.8. The van der Waals surface area contributed by atoms with Crippen LogP contribution in [0.15, 0.2) is 41.8 Å². The van der Waals surface area contributed by atoms with Crippen molar-refractivity contribution in [3.05, 3.63) is 47.3 Å². The second-order valence-electron chi connectivity index (χ2n) is 30.4. The highest BCUT2D eigenvalue weighted by Gasteiger charge is 2.27. The van der Waals surface area contributed by atoms with Gasteiger partial charge in [0.05, 0.1) is 0 Å². The van der Waals surface area contributed by atoms with E-state index in [1.54, 1.807) is 11.1 Å². The van der Waals surface area contributed by atoms with Crippen molar-refractivity contribution in [3.8, 4) is 0 Å². The lowest BCUT2D eigenvalue weighted by Crippen LogP contribution is -2.41. The Labute approximate surface area is 510 Å². The van der Waals surface area contributed by atoms with Crippen LogP contribution in [-0.4, -0.2) is 149 Å². The molecule has 2 atom stereocenters. The van der Waals surface area contributed by atoms with Gasteiger partial charge in [0.25, 0.3) is 0 Å². The predicted octanol–water partition coefficient (Wildman–Crippen LogP) is 18.8. The van der Waals surface area contributed by atoms with Crippen LogP contribution in [0.5, 0.6) is 0 Å². The van der Waals surface area contributed by atoms with E-state index in [0.717, 1.165) is 96.4 Å². The third-order valence-corrected chi connectivity index (χ3v) is 19.8. The average Bonchev–Trinajstić information content (AvgIpc) is 4.24. The molecule has 0 aliphatic carbocycles. The van der Waals surface area contributed by atoms with E-state index in [1.165, 1.54) is 122 Å². The van der Waals surface area contributed by atoms with Crippen molar-refractivity contribution in [2.24, 2.45) is 59.2 Å². The van der Waals surface area contributed by atoms with E-state index in [2.05, 4.69) is 258 Å². The molecule has 7 rings (SSSR count). The zero-order chi connectivity index (χ0) is 61.8. The quantitative estimate of drug-likeness (QED) is 0.172. The fourth-order valence-corrected chi connectivity index (χ4v) is 12.3. The van der Waals surface area contributed by atoms with Gasteiger partial charge < -0.3 is 24.2 Å². The molecule has 7 heterocycles. The molecule has 0 radical (unpaired) electrons. The number of likely N-dealkylation sites (tertiary alicyclic amines) is 4. The summed E-state index contributed by atoms with van der Waals surface area (Å²) >= 11 is 0. The maximum Gasteiger partial charge on any atom is 0.0274 e. The third kappa shape index (κ3) is 31.1. The summed E-state index contributed by atoms with van der Waals surface area (Å²) in [7, 11) is 0. The smallest absolute Gasteiger partial charge is 0.0274 e. The second-order valence-corrected chi connectivity index (χ2v) is 30.4. The molecule has 2 unspecified atom stereocenters. The first-order chi connectivity index (χ1) is 37.8. The molecule has 0 amide bonds. The number of hydrogen-bond acceptors (Lipinski definition) is 6. The van der Waals surface area contributed by atoms with Crippen LogP contribution in [0.4, 0.5) is 0 Å². The summed E-state index contributed by atoms with van der Waals surface area (Å²) in [6.45, 7) is 79.6. The highest BCUT2D eigenvalue weighted by molar-refractivity contribution is 5.15. The maximum absolute atomic E-state index is 2.62. The van der Waals surface area contributed by atoms with E-state index in [4.69, 9.17) is 0 Å². The number of rotatable bonds is 14. The first kappa shape index (κ1) is 77.5. The molecule has 1 aromatic heterocycles. The molecule has 4 fully saturated rings. The summed E-state index contributed by atoms with van der Waals surface area (Å²) in [4.78, 5) is 15.4. The van der Waals surface area contributed by atoms with E-state index >= 15 is 0 Å². The molecule has 0 aromatic carbocycles. The topological polar surface area (TPSA) is 24.4 Å². The molecule has 6 aliphatic heterocycles. The summed E-state index contributed by atoms with van der Waals surface area (Å²) in [5.74, 6) is 9.52. The molecule has 7 nitrogen and oxygen atoms in total. The number of hydrogen-bond donors (Lipinski definition) is 0. The van der Waals surface area contributed by atoms with E-state index in [1.807, 2.05) is 0 Å². The van der Waals surface area contributed by atoms with Crippen molar-refractivity contribution < 1.29 is 0 Å². The van der Waals surface area contributed by atoms with Gasteiger partial charge in [0.2, 0.25) is 0 Å². The Morgan fingerprint density at radius 2 is 0.691 bits per heavy atom. The van der Waals surface area contributed by atoms with Crippen LogP contribution in [-0.2, 0) is 0 Å². The van der Waals surface area contributed by atoms with Crippen molar-refractivity contribution in [2.45, 2.75) is 293 Å². The molecule has 0 saturated carbocycles. The molecule has 81 heavy (non-hydrogen) atoms. The monoisotopic (exact) mass is 1130 g/mol. The zero-order valence-corrected chi connectivity index (χ0v) is 60.1. The van der Waals surface area contributed by atoms with E-state index in [0.29, 0.717) is 24.0 Å². The Morgan fingerprint density at radius 3 is 0.963 bits per heavy atom. The van der Waals surface area contributed by atoms with Crippen LogP contribution in [0.25, 0.3) is 0 Å². The molecular weight excluding hydrogens is 987 g/mol. The second kappa shape index (κ2) is 40.8. The molecule has 0 bridgehead atoms. The molecule has 6 aliphatic rings. The van der Waals surface area contributed by atoms with Crippen molar-refractivity contribution in [1.29, 1.82) is 0 Å². The molecule has 0 N–H and O–H groups in total. The normalized spacial score (nSPS) is 21.7. The largest absolute Gasteiger partial charge is 0.352 e. The highest BCUT2D eigenvalue weighted by Crippen LogP contribution is 2.29. The minimum Gasteiger partial charge on any atom is -0.352 e. The van der Waals surface area contributed by atoms with Crippen LogP contribution < -0.4 is 0 Å². The van der Waals surface area contributed by atoms with Crippen molar-refractivity contribution >= 4 is 0 Å². The standard InChI is InChI=1S/2C11H23N.C11H21N.C11H23N.C10H21N.C10H19N.C10H17N/c3*1-9(2)11-5-7-12(8-6-11)10(3)4;1-9(2)11-6-5-7-12(8-11)10(3)4;3*1-8(2)10-5-6-11(7-10)9(3)4/h2*9-11H,5-8H2,1-4H3;5,9-10H,6-8H2,1-4H3;9-11H,5-8H2,1-4H3;8-10H,5-7H2,1-4H3;5,8-9H,6-7H2,1-4H3;5-9H,1-4H3. The molecule has 1 aromatic rings. The fourth-order valence-electron chi connectivity index (χ4n) is 12.3. The Morgan fingerprint density at radius 1 is 0.333 bits per heavy atom. The number of nitrogens with zero attached hydrogens (tertiary/aromatic N) is 7. The lowest BCUT2D eigenvalue weighted by molar-refractivity contribution is 0.117. The van der Waals surface area contributed by atoms with E-state index in [9.17, 15) is 0 Å². The lowest BCUT2D eigenvalue weighted by Gasteiger charge is -2.37. The van der Waals surface area contributed by atoms with Gasteiger partial charge in [0, 0.05) is 94.0 Å². The molecule has 7 heteroatoms. The molecular formula is C74H147N7. The summed E-state index contributed by atoms with van der Waals surface area (Å²) < 4.78 is 2.25. The predicted molar refractivity (Wildman–Crippen MR) is 365 cm³/mol. The van der Waals surface area contributed by atoms with Crippen molar-refractivity contribution in [1.82, 2.24) is 34.0 Å². The van der Waals surface area contributed by atoms with Gasteiger partial charge >= 0.3 is 0 Å². The van der Waals surface area contributed by atoms with Gasteiger partial charge in [-0.05, 0) is 264 Å². The fraction of sp³-hybridized carbons (Fsp3) is 0.892. The SMILES string of the molecule is CC(C)C1=CCN(C(C)C)C1.CC(C)C1=CCN(C(C)C)CC1.CC(C)C1CCCN(C(C)C)C1.CC(C)C1CCN(C(C)C)C1.CC(C)C1CCN(C(C)C)CC1.CC(C)C1CCN(C(C)C)CC1.CC(C)c1ccn(C(C)C)c1. The average molecular weight is 1140 g/mol. The van der Waals surface area contributed by atoms with Crippen LogP contribution in [0.3, 0.4) is 0 Å². The summed E-state index contributed by atoms with van der Waals surface area (Å²) in [5.41, 5.74) is 4.68. The van der Waals surface area contributed by atoms with Gasteiger partial charge in [0.1, 0.15) is 0 Å². The third-order valence-electron chi connectivity index (χ3n) is 19.8. The van der Waals surface area contributed by atoms with Crippen LogP contribution in [0, 0.1) is 59.2 Å². The van der Waals surface area contributed by atoms with Crippen molar-refractivity contribution in [2.75, 3.05) is 78.5 Å². The van der Waals surface area contributed by atoms with E-state index in [-0.39, 0.29) is 0 Å². The molecule has 0 spiro atoms. The van der Waals surface area contributed by atoms with Gasteiger partial charge in [-0.2, -0.15) is 0 Å². The number of piperidine rings is 3. The van der Waals surface area contributed by atoms with Gasteiger partial charge in [0.15, 0.2) is 0 Å². The van der Waals surface area contributed by atoms with E-state index < -0.39 is 0 Å². The van der Waals surface area contributed by atoms with Gasteiger partial charge in [-0.25, -0.2) is 0 Å². The summed E-state index contributed by atoms with van der Waals surface area (Å²) in [6, 6.07) is 7.17. The Hall–Kier alpha value is -1.48. The lowest BCUT2D eigenvalue weighted by atomic mass is 9.86. The molecule has 4 saturated heterocycles. The Balaban J connectivity index is 0.000000473. The first-order valence-corrected chi connectivity index (χ1v) is 34.8. The number of aromatic nitrogens is 1. The Bertz CT molecular complexity index is 1620. The van der Waals surface area contributed by atoms with Crippen molar-refractivity contribution in [3.63, 3.8) is 0 Å². The van der Waals surface area contributed by atoms with Gasteiger partial charge in [-0.3, -0.25) is 9.80 Å². The van der Waals surface area contributed by atoms with Gasteiger partial charge in [-0.1, -0.05) is 120 Å². The summed E-state index contributed by atoms with van der Waals surface area (Å²) in [6.07, 6.45) is 20.4. The highest BCUT2D eigenvalue weighted by atomic mass is 15.2. The Kier molecular flexibility index (Phi) is 39.1. The summed E-state index contributed by atoms with van der Waals surface area (Å²) in [5, 5.41) is 0. The zero-order valence-electron chi connectivity index (χ0n) is 60.1. The van der Waals surface area contributed by atoms with Crippen LogP contribution >= 0.6 is 0 Å². The van der Waals surface area contributed by atoms with Crippen LogP contribution in [0.1, 0.15) is 263 Å². The minimum absolute atomic E-state index is 0.586. The maximum atomic E-state index is 2.62. The van der Waals surface area contributed by atoms with Crippen LogP contribution in [0.2, 0.25) is 0 Å². The minimum atomic E-state index is 0.586.